The summed E-state index contributed by atoms with van der Waals surface area (Å²) in [6.45, 7) is 0.536. The first-order valence-electron chi connectivity index (χ1n) is 11.3. The summed E-state index contributed by atoms with van der Waals surface area (Å²) in [6.07, 6.45) is -4.93. The number of fused-ring (bicyclic) bond motifs is 2. The lowest BCUT2D eigenvalue weighted by atomic mass is 10.1. The fourth-order valence-corrected chi connectivity index (χ4v) is 4.19. The molecule has 4 aromatic rings. The molecule has 1 aliphatic rings. The molecule has 0 unspecified atom stereocenters. The summed E-state index contributed by atoms with van der Waals surface area (Å²) in [5.74, 6) is -3.00. The summed E-state index contributed by atoms with van der Waals surface area (Å²) in [7, 11) is 0. The number of rotatable bonds is 3. The van der Waals surface area contributed by atoms with Crippen LogP contribution in [0.15, 0.2) is 91.0 Å². The predicted octanol–water partition coefficient (Wildman–Crippen LogP) is 7.00. The van der Waals surface area contributed by atoms with Crippen molar-refractivity contribution in [3.63, 3.8) is 0 Å². The maximum Gasteiger partial charge on any atom is 0.419 e. The zero-order chi connectivity index (χ0) is 26.2. The number of nitrogens with one attached hydrogen (secondary N) is 2. The summed E-state index contributed by atoms with van der Waals surface area (Å²) in [4.78, 5) is 27.8. The minimum Gasteiger partial charge on any atom is -0.379 e. The van der Waals surface area contributed by atoms with Gasteiger partial charge in [-0.1, -0.05) is 36.4 Å². The molecule has 0 aliphatic carbocycles. The van der Waals surface area contributed by atoms with Crippen LogP contribution in [0, 0.1) is 5.82 Å². The van der Waals surface area contributed by atoms with Crippen LogP contribution in [0.5, 0.6) is 0 Å². The van der Waals surface area contributed by atoms with Gasteiger partial charge in [0.2, 0.25) is 0 Å². The fourth-order valence-electron chi connectivity index (χ4n) is 4.19. The van der Waals surface area contributed by atoms with Gasteiger partial charge in [-0.15, -0.1) is 0 Å². The summed E-state index contributed by atoms with van der Waals surface area (Å²) in [5.41, 5.74) is 1.37. The van der Waals surface area contributed by atoms with Gasteiger partial charge in [0.25, 0.3) is 11.8 Å². The number of nitrogens with zero attached hydrogens (tertiary/aromatic N) is 1. The van der Waals surface area contributed by atoms with E-state index in [1.807, 2.05) is 48.5 Å². The van der Waals surface area contributed by atoms with Crippen molar-refractivity contribution in [3.8, 4) is 0 Å². The number of carbonyl (C=O) groups is 2. The second-order valence-corrected chi connectivity index (χ2v) is 8.34. The highest BCUT2D eigenvalue weighted by atomic mass is 19.4. The van der Waals surface area contributed by atoms with Gasteiger partial charge < -0.3 is 10.6 Å². The van der Waals surface area contributed by atoms with Crippen LogP contribution in [0.3, 0.4) is 0 Å². The summed E-state index contributed by atoms with van der Waals surface area (Å²) >= 11 is 0. The quantitative estimate of drug-likeness (QED) is 0.295. The zero-order valence-corrected chi connectivity index (χ0v) is 19.1. The van der Waals surface area contributed by atoms with E-state index in [4.69, 9.17) is 0 Å². The number of hydrogen-bond donors (Lipinski definition) is 2. The van der Waals surface area contributed by atoms with Crippen LogP contribution in [0.1, 0.15) is 31.8 Å². The number of anilines is 4. The van der Waals surface area contributed by atoms with E-state index in [1.54, 1.807) is 4.90 Å². The van der Waals surface area contributed by atoms with Gasteiger partial charge in [0.1, 0.15) is 5.82 Å². The average molecular weight is 505 g/mol. The molecular formula is C28H19F4N3O2. The van der Waals surface area contributed by atoms with Crippen molar-refractivity contribution in [1.29, 1.82) is 0 Å². The highest BCUT2D eigenvalue weighted by Gasteiger charge is 2.35. The van der Waals surface area contributed by atoms with E-state index < -0.39 is 29.0 Å². The standard InChI is InChI=1S/C28H19F4N3O2/c29-25-20(7-5-8-21(25)28(30,31)32)26(36)34-19-14-12-17(13-15-19)27(37)35-23-10-3-1-6-18(23)16-33-22-9-2-4-11-24(22)35/h1-15,33H,16H2,(H,34,36). The molecule has 1 aliphatic heterocycles. The number of benzene rings is 4. The van der Waals surface area contributed by atoms with Crippen LogP contribution in [0.25, 0.3) is 0 Å². The maximum atomic E-state index is 14.3. The number of amides is 2. The van der Waals surface area contributed by atoms with Crippen molar-refractivity contribution in [3.05, 3.63) is 119 Å². The summed E-state index contributed by atoms with van der Waals surface area (Å²) < 4.78 is 53.3. The van der Waals surface area contributed by atoms with Crippen LogP contribution in [-0.2, 0) is 12.7 Å². The third-order valence-corrected chi connectivity index (χ3v) is 5.99. The molecule has 4 aromatic carbocycles. The lowest BCUT2D eigenvalue weighted by molar-refractivity contribution is -0.140. The van der Waals surface area contributed by atoms with Gasteiger partial charge in [0.05, 0.1) is 28.2 Å². The highest BCUT2D eigenvalue weighted by Crippen LogP contribution is 2.39. The van der Waals surface area contributed by atoms with Crippen molar-refractivity contribution >= 4 is 34.6 Å². The molecule has 0 fully saturated rings. The third-order valence-electron chi connectivity index (χ3n) is 5.99. The van der Waals surface area contributed by atoms with Crippen molar-refractivity contribution in [2.75, 3.05) is 15.5 Å². The van der Waals surface area contributed by atoms with Crippen molar-refractivity contribution in [2.24, 2.45) is 0 Å². The van der Waals surface area contributed by atoms with E-state index >= 15 is 0 Å². The Kier molecular flexibility index (Phi) is 6.12. The smallest absolute Gasteiger partial charge is 0.379 e. The largest absolute Gasteiger partial charge is 0.419 e. The van der Waals surface area contributed by atoms with E-state index in [2.05, 4.69) is 10.6 Å². The Morgan fingerprint density at radius 3 is 2.22 bits per heavy atom. The first-order valence-corrected chi connectivity index (χ1v) is 11.3. The number of carbonyl (C=O) groups excluding carboxylic acids is 2. The van der Waals surface area contributed by atoms with Gasteiger partial charge in [-0.05, 0) is 60.2 Å². The van der Waals surface area contributed by atoms with Crippen molar-refractivity contribution < 1.29 is 27.2 Å². The lowest BCUT2D eigenvalue weighted by Gasteiger charge is -2.24. The van der Waals surface area contributed by atoms with Crippen LogP contribution in [0.4, 0.5) is 40.3 Å². The molecule has 9 heteroatoms. The molecule has 0 saturated heterocycles. The molecule has 0 radical (unpaired) electrons. The summed E-state index contributed by atoms with van der Waals surface area (Å²) in [5, 5.41) is 5.72. The van der Waals surface area contributed by atoms with E-state index in [-0.39, 0.29) is 11.6 Å². The molecule has 1 heterocycles. The molecule has 37 heavy (non-hydrogen) atoms. The molecule has 0 atom stereocenters. The molecule has 0 aromatic heterocycles. The topological polar surface area (TPSA) is 61.4 Å². The van der Waals surface area contributed by atoms with Gasteiger partial charge in [0, 0.05) is 17.8 Å². The normalized spacial score (nSPS) is 12.6. The van der Waals surface area contributed by atoms with Crippen LogP contribution < -0.4 is 15.5 Å². The van der Waals surface area contributed by atoms with E-state index in [1.165, 1.54) is 24.3 Å². The van der Waals surface area contributed by atoms with Crippen molar-refractivity contribution in [2.45, 2.75) is 12.7 Å². The minimum absolute atomic E-state index is 0.191. The number of hydrogen-bond acceptors (Lipinski definition) is 3. The Hall–Kier alpha value is -4.66. The maximum absolute atomic E-state index is 14.3. The Labute approximate surface area is 209 Å². The van der Waals surface area contributed by atoms with Gasteiger partial charge >= 0.3 is 6.18 Å². The SMILES string of the molecule is O=C(Nc1ccc(C(=O)N2c3ccccc3CNc3ccccc32)cc1)c1cccc(C(F)(F)F)c1F. The molecule has 186 valence electrons. The summed E-state index contributed by atoms with van der Waals surface area (Å²) in [6, 6.07) is 23.3. The third kappa shape index (κ3) is 4.63. The molecule has 0 saturated carbocycles. The van der Waals surface area contributed by atoms with Crippen LogP contribution in [-0.4, -0.2) is 11.8 Å². The monoisotopic (exact) mass is 505 g/mol. The highest BCUT2D eigenvalue weighted by molar-refractivity contribution is 6.13. The van der Waals surface area contributed by atoms with Gasteiger partial charge in [-0.25, -0.2) is 4.39 Å². The zero-order valence-electron chi connectivity index (χ0n) is 19.1. The second kappa shape index (κ2) is 9.42. The first-order chi connectivity index (χ1) is 17.7. The van der Waals surface area contributed by atoms with Crippen molar-refractivity contribution in [1.82, 2.24) is 0 Å². The molecule has 0 spiro atoms. The fraction of sp³-hybridized carbons (Fsp3) is 0.0714. The Morgan fingerprint density at radius 1 is 0.811 bits per heavy atom. The minimum atomic E-state index is -4.93. The molecule has 2 amide bonds. The van der Waals surface area contributed by atoms with Crippen LogP contribution in [0.2, 0.25) is 0 Å². The average Bonchev–Trinajstić information content (AvgIpc) is 3.05. The molecule has 2 N–H and O–H groups in total. The predicted molar refractivity (Wildman–Crippen MR) is 132 cm³/mol. The number of alkyl halides is 3. The molecule has 5 nitrogen and oxygen atoms in total. The Balaban J connectivity index is 1.42. The van der Waals surface area contributed by atoms with E-state index in [0.717, 1.165) is 29.1 Å². The van der Waals surface area contributed by atoms with Gasteiger partial charge in [0.15, 0.2) is 0 Å². The first kappa shape index (κ1) is 24.1. The van der Waals surface area contributed by atoms with E-state index in [9.17, 15) is 27.2 Å². The Morgan fingerprint density at radius 2 is 1.49 bits per heavy atom. The molecule has 0 bridgehead atoms. The Bertz CT molecular complexity index is 1450. The van der Waals surface area contributed by atoms with E-state index in [0.29, 0.717) is 23.9 Å². The number of halogens is 4. The number of para-hydroxylation sites is 3. The molecule has 5 rings (SSSR count). The molecular weight excluding hydrogens is 486 g/mol. The van der Waals surface area contributed by atoms with Crippen LogP contribution >= 0.6 is 0 Å². The lowest BCUT2D eigenvalue weighted by Crippen LogP contribution is -2.26. The van der Waals surface area contributed by atoms with Gasteiger partial charge in [-0.2, -0.15) is 13.2 Å². The second-order valence-electron chi connectivity index (χ2n) is 8.34. The van der Waals surface area contributed by atoms with Gasteiger partial charge in [-0.3, -0.25) is 14.5 Å².